The van der Waals surface area contributed by atoms with Crippen molar-refractivity contribution in [2.24, 2.45) is 0 Å². The molecule has 0 spiro atoms. The van der Waals surface area contributed by atoms with Crippen molar-refractivity contribution in [3.8, 4) is 0 Å². The molecule has 1 atom stereocenters. The molecule has 1 rings (SSSR count). The molecule has 0 bridgehead atoms. The number of nitrogens with zero attached hydrogens (tertiary/aromatic N) is 1. The van der Waals surface area contributed by atoms with Crippen LogP contribution in [-0.4, -0.2) is 34.6 Å². The Bertz CT molecular complexity index is 272. The second-order valence-electron chi connectivity index (χ2n) is 6.17. The van der Waals surface area contributed by atoms with E-state index in [0.717, 1.165) is 19.3 Å². The van der Waals surface area contributed by atoms with Crippen LogP contribution in [0.25, 0.3) is 0 Å². The summed E-state index contributed by atoms with van der Waals surface area (Å²) in [5.41, 5.74) is -0.0848. The second-order valence-corrected chi connectivity index (χ2v) is 6.17. The number of rotatable bonds is 8. The third kappa shape index (κ3) is 4.48. The van der Waals surface area contributed by atoms with E-state index >= 15 is 0 Å². The number of carbonyl (C=O) groups is 1. The van der Waals surface area contributed by atoms with E-state index in [1.165, 1.54) is 38.5 Å². The summed E-state index contributed by atoms with van der Waals surface area (Å²) in [5.74, 6) is -0.640. The Morgan fingerprint density at radius 1 is 1.26 bits per heavy atom. The standard InChI is InChI=1S/C16H31NO2/c1-4-6-10-14(5-2)17(3)16(13-15(18)19)11-8-7-9-12-16/h14H,4-13H2,1-3H3,(H,18,19). The van der Waals surface area contributed by atoms with E-state index < -0.39 is 5.97 Å². The van der Waals surface area contributed by atoms with Crippen molar-refractivity contribution in [2.45, 2.75) is 89.6 Å². The van der Waals surface area contributed by atoms with Crippen molar-refractivity contribution in [3.63, 3.8) is 0 Å². The topological polar surface area (TPSA) is 40.5 Å². The van der Waals surface area contributed by atoms with E-state index in [9.17, 15) is 9.90 Å². The Balaban J connectivity index is 2.79. The fourth-order valence-electron chi connectivity index (χ4n) is 3.64. The highest BCUT2D eigenvalue weighted by molar-refractivity contribution is 5.68. The first kappa shape index (κ1) is 16.5. The van der Waals surface area contributed by atoms with E-state index in [0.29, 0.717) is 12.5 Å². The molecule has 0 aromatic heterocycles. The fourth-order valence-corrected chi connectivity index (χ4v) is 3.64. The summed E-state index contributed by atoms with van der Waals surface area (Å²) in [6.07, 6.45) is 10.8. The van der Waals surface area contributed by atoms with Crippen molar-refractivity contribution in [1.29, 1.82) is 0 Å². The highest BCUT2D eigenvalue weighted by atomic mass is 16.4. The van der Waals surface area contributed by atoms with Crippen LogP contribution in [-0.2, 0) is 4.79 Å². The molecule has 1 unspecified atom stereocenters. The minimum Gasteiger partial charge on any atom is -0.481 e. The van der Waals surface area contributed by atoms with Crippen LogP contribution in [0.15, 0.2) is 0 Å². The summed E-state index contributed by atoms with van der Waals surface area (Å²) >= 11 is 0. The van der Waals surface area contributed by atoms with Crippen molar-refractivity contribution in [2.75, 3.05) is 7.05 Å². The van der Waals surface area contributed by atoms with Crippen LogP contribution < -0.4 is 0 Å². The zero-order valence-electron chi connectivity index (χ0n) is 13.0. The molecule has 0 aromatic carbocycles. The average molecular weight is 269 g/mol. The highest BCUT2D eigenvalue weighted by Crippen LogP contribution is 2.38. The molecule has 1 aliphatic rings. The summed E-state index contributed by atoms with van der Waals surface area (Å²) in [6.45, 7) is 4.45. The van der Waals surface area contributed by atoms with E-state index in [1.54, 1.807) is 0 Å². The van der Waals surface area contributed by atoms with Gasteiger partial charge in [-0.2, -0.15) is 0 Å². The summed E-state index contributed by atoms with van der Waals surface area (Å²) in [6, 6.07) is 0.539. The van der Waals surface area contributed by atoms with Crippen molar-refractivity contribution < 1.29 is 9.90 Å². The molecule has 3 nitrogen and oxygen atoms in total. The fraction of sp³-hybridized carbons (Fsp3) is 0.938. The molecule has 0 radical (unpaired) electrons. The lowest BCUT2D eigenvalue weighted by Crippen LogP contribution is -2.53. The highest BCUT2D eigenvalue weighted by Gasteiger charge is 2.40. The summed E-state index contributed by atoms with van der Waals surface area (Å²) in [4.78, 5) is 13.7. The third-order valence-electron chi connectivity index (χ3n) is 4.92. The van der Waals surface area contributed by atoms with Gasteiger partial charge in [-0.25, -0.2) is 0 Å². The number of carboxylic acids is 1. The zero-order chi connectivity index (χ0) is 14.3. The minimum absolute atomic E-state index is 0.0848. The molecule has 0 heterocycles. The average Bonchev–Trinajstić information content (AvgIpc) is 2.39. The monoisotopic (exact) mass is 269 g/mol. The maximum Gasteiger partial charge on any atom is 0.305 e. The van der Waals surface area contributed by atoms with Gasteiger partial charge in [0, 0.05) is 11.6 Å². The number of hydrogen-bond acceptors (Lipinski definition) is 2. The van der Waals surface area contributed by atoms with Gasteiger partial charge in [-0.05, 0) is 32.7 Å². The van der Waals surface area contributed by atoms with Gasteiger partial charge in [-0.1, -0.05) is 46.0 Å². The smallest absolute Gasteiger partial charge is 0.305 e. The molecular weight excluding hydrogens is 238 g/mol. The van der Waals surface area contributed by atoms with Gasteiger partial charge in [0.2, 0.25) is 0 Å². The predicted molar refractivity (Wildman–Crippen MR) is 79.4 cm³/mol. The summed E-state index contributed by atoms with van der Waals surface area (Å²) in [5, 5.41) is 9.28. The van der Waals surface area contributed by atoms with Gasteiger partial charge in [-0.15, -0.1) is 0 Å². The minimum atomic E-state index is -0.640. The maximum absolute atomic E-state index is 11.3. The van der Waals surface area contributed by atoms with Crippen LogP contribution in [0, 0.1) is 0 Å². The Morgan fingerprint density at radius 3 is 2.37 bits per heavy atom. The SMILES string of the molecule is CCCCC(CC)N(C)C1(CC(=O)O)CCCCC1. The van der Waals surface area contributed by atoms with Gasteiger partial charge in [0.15, 0.2) is 0 Å². The lowest BCUT2D eigenvalue weighted by molar-refractivity contribution is -0.141. The normalized spacial score (nSPS) is 20.4. The quantitative estimate of drug-likeness (QED) is 0.722. The molecule has 19 heavy (non-hydrogen) atoms. The van der Waals surface area contributed by atoms with Crippen LogP contribution in [0.4, 0.5) is 0 Å². The van der Waals surface area contributed by atoms with E-state index in [-0.39, 0.29) is 5.54 Å². The molecule has 0 saturated heterocycles. The van der Waals surface area contributed by atoms with Crippen LogP contribution in [0.2, 0.25) is 0 Å². The first-order valence-corrected chi connectivity index (χ1v) is 8.00. The van der Waals surface area contributed by atoms with Crippen LogP contribution in [0.3, 0.4) is 0 Å². The summed E-state index contributed by atoms with van der Waals surface area (Å²) < 4.78 is 0. The van der Waals surface area contributed by atoms with Crippen LogP contribution >= 0.6 is 0 Å². The largest absolute Gasteiger partial charge is 0.481 e. The van der Waals surface area contributed by atoms with Gasteiger partial charge < -0.3 is 5.11 Å². The number of unbranched alkanes of at least 4 members (excludes halogenated alkanes) is 1. The lowest BCUT2D eigenvalue weighted by Gasteiger charge is -2.47. The molecule has 0 aromatic rings. The van der Waals surface area contributed by atoms with Crippen molar-refractivity contribution >= 4 is 5.97 Å². The Labute approximate surface area is 118 Å². The number of aliphatic carboxylic acids is 1. The molecule has 1 N–H and O–H groups in total. The first-order chi connectivity index (χ1) is 9.05. The van der Waals surface area contributed by atoms with Gasteiger partial charge in [0.1, 0.15) is 0 Å². The molecule has 112 valence electrons. The van der Waals surface area contributed by atoms with Gasteiger partial charge in [0.05, 0.1) is 6.42 Å². The Hall–Kier alpha value is -0.570. The Morgan fingerprint density at radius 2 is 1.89 bits per heavy atom. The second kappa shape index (κ2) is 7.88. The first-order valence-electron chi connectivity index (χ1n) is 8.00. The van der Waals surface area contributed by atoms with Crippen LogP contribution in [0.1, 0.15) is 78.1 Å². The predicted octanol–water partition coefficient (Wildman–Crippen LogP) is 4.06. The number of hydrogen-bond donors (Lipinski definition) is 1. The zero-order valence-corrected chi connectivity index (χ0v) is 13.0. The van der Waals surface area contributed by atoms with Crippen LogP contribution in [0.5, 0.6) is 0 Å². The molecule has 3 heteroatoms. The molecule has 1 fully saturated rings. The van der Waals surface area contributed by atoms with Crippen molar-refractivity contribution in [1.82, 2.24) is 4.90 Å². The Kier molecular flexibility index (Phi) is 6.84. The third-order valence-corrected chi connectivity index (χ3v) is 4.92. The molecule has 0 amide bonds. The van der Waals surface area contributed by atoms with Gasteiger partial charge >= 0.3 is 5.97 Å². The number of carboxylic acid groups (broad SMARTS) is 1. The van der Waals surface area contributed by atoms with E-state index in [1.807, 2.05) is 0 Å². The van der Waals surface area contributed by atoms with Crippen molar-refractivity contribution in [3.05, 3.63) is 0 Å². The van der Waals surface area contributed by atoms with E-state index in [2.05, 4.69) is 25.8 Å². The lowest BCUT2D eigenvalue weighted by atomic mass is 9.77. The molecule has 1 aliphatic carbocycles. The molecule has 1 saturated carbocycles. The molecule has 0 aliphatic heterocycles. The van der Waals surface area contributed by atoms with Gasteiger partial charge in [-0.3, -0.25) is 9.69 Å². The maximum atomic E-state index is 11.3. The summed E-state index contributed by atoms with van der Waals surface area (Å²) in [7, 11) is 2.16. The van der Waals surface area contributed by atoms with Gasteiger partial charge in [0.25, 0.3) is 0 Å². The molecular formula is C16H31NO2. The van der Waals surface area contributed by atoms with E-state index in [4.69, 9.17) is 0 Å².